The minimum absolute atomic E-state index is 0.00136. The lowest BCUT2D eigenvalue weighted by Gasteiger charge is -2.20. The lowest BCUT2D eigenvalue weighted by Crippen LogP contribution is -2.45. The van der Waals surface area contributed by atoms with Gasteiger partial charge in [0.2, 0.25) is 5.91 Å². The van der Waals surface area contributed by atoms with Crippen molar-refractivity contribution in [2.75, 3.05) is 13.2 Å². The Kier molecular flexibility index (Phi) is 63.0. The summed E-state index contributed by atoms with van der Waals surface area (Å²) in [4.78, 5) is 24.6. The van der Waals surface area contributed by atoms with Crippen LogP contribution in [0.1, 0.15) is 367 Å². The molecule has 6 nitrogen and oxygen atoms in total. The normalized spacial score (nSPS) is 12.7. The second-order valence-corrected chi connectivity index (χ2v) is 23.2. The Hall–Kier alpha value is -1.92. The zero-order valence-corrected chi connectivity index (χ0v) is 50.5. The fourth-order valence-electron chi connectivity index (χ4n) is 10.5. The van der Waals surface area contributed by atoms with Gasteiger partial charge in [0.25, 0.3) is 0 Å². The van der Waals surface area contributed by atoms with Crippen LogP contribution in [0.5, 0.6) is 0 Å². The minimum atomic E-state index is -0.850. The third kappa shape index (κ3) is 61.2. The van der Waals surface area contributed by atoms with E-state index in [9.17, 15) is 19.8 Å². The van der Waals surface area contributed by atoms with Crippen LogP contribution >= 0.6 is 0 Å². The summed E-state index contributed by atoms with van der Waals surface area (Å²) in [6, 6.07) is -0.634. The second kappa shape index (κ2) is 64.6. The maximum Gasteiger partial charge on any atom is 0.305 e. The summed E-state index contributed by atoms with van der Waals surface area (Å²) < 4.78 is 5.50. The molecule has 0 aromatic rings. The summed E-state index contributed by atoms with van der Waals surface area (Å²) in [5, 5.41) is 23.2. The quantitative estimate of drug-likeness (QED) is 0.0320. The van der Waals surface area contributed by atoms with E-state index in [4.69, 9.17) is 4.74 Å². The average molecular weight is 1050 g/mol. The van der Waals surface area contributed by atoms with Crippen molar-refractivity contribution < 1.29 is 24.5 Å². The maximum absolute atomic E-state index is 12.5. The second-order valence-electron chi connectivity index (χ2n) is 23.2. The molecule has 6 heteroatoms. The number of hydrogen-bond acceptors (Lipinski definition) is 5. The molecule has 0 aliphatic heterocycles. The molecular formula is C69H131NO5. The van der Waals surface area contributed by atoms with Crippen LogP contribution in [0.15, 0.2) is 36.5 Å². The highest BCUT2D eigenvalue weighted by Crippen LogP contribution is 2.18. The molecule has 75 heavy (non-hydrogen) atoms. The van der Waals surface area contributed by atoms with E-state index >= 15 is 0 Å². The third-order valence-electron chi connectivity index (χ3n) is 15.7. The predicted octanol–water partition coefficient (Wildman–Crippen LogP) is 21.5. The SMILES string of the molecule is CCCCC/C=C\C/C=C\CCCCCCCCCCCC(=O)OCCCCCCCCCCCCCCCCCCCC(=O)NC(CO)C(O)/C=C/CCCCCCCCCCCCCCCCCCCCCC. The number of esters is 1. The van der Waals surface area contributed by atoms with Gasteiger partial charge in [0.1, 0.15) is 0 Å². The zero-order chi connectivity index (χ0) is 54.3. The lowest BCUT2D eigenvalue weighted by molar-refractivity contribution is -0.143. The summed E-state index contributed by atoms with van der Waals surface area (Å²) in [6.07, 6.45) is 81.9. The number of carbonyl (C=O) groups excluding carboxylic acids is 2. The van der Waals surface area contributed by atoms with Crippen LogP contribution in [-0.2, 0) is 14.3 Å². The molecule has 0 heterocycles. The van der Waals surface area contributed by atoms with Gasteiger partial charge in [-0.25, -0.2) is 0 Å². The summed E-state index contributed by atoms with van der Waals surface area (Å²) in [6.45, 7) is 4.90. The number of aliphatic hydroxyl groups excluding tert-OH is 2. The Labute approximate surface area is 468 Å². The van der Waals surface area contributed by atoms with Gasteiger partial charge in [-0.3, -0.25) is 9.59 Å². The van der Waals surface area contributed by atoms with E-state index in [2.05, 4.69) is 43.5 Å². The number of aliphatic hydroxyl groups is 2. The Morgan fingerprint density at radius 2 is 0.667 bits per heavy atom. The van der Waals surface area contributed by atoms with Gasteiger partial charge in [0, 0.05) is 12.8 Å². The fourth-order valence-corrected chi connectivity index (χ4v) is 10.5. The van der Waals surface area contributed by atoms with Crippen molar-refractivity contribution in [3.05, 3.63) is 36.5 Å². The van der Waals surface area contributed by atoms with Gasteiger partial charge in [-0.15, -0.1) is 0 Å². The van der Waals surface area contributed by atoms with Gasteiger partial charge >= 0.3 is 5.97 Å². The molecule has 0 bridgehead atoms. The highest BCUT2D eigenvalue weighted by molar-refractivity contribution is 5.76. The molecule has 0 saturated heterocycles. The number of hydrogen-bond donors (Lipinski definition) is 3. The van der Waals surface area contributed by atoms with Gasteiger partial charge in [-0.1, -0.05) is 326 Å². The number of nitrogens with one attached hydrogen (secondary N) is 1. The summed E-state index contributed by atoms with van der Waals surface area (Å²) in [7, 11) is 0. The smallest absolute Gasteiger partial charge is 0.305 e. The van der Waals surface area contributed by atoms with Gasteiger partial charge in [0.15, 0.2) is 0 Å². The van der Waals surface area contributed by atoms with Crippen molar-refractivity contribution in [3.63, 3.8) is 0 Å². The molecule has 2 unspecified atom stereocenters. The molecule has 2 atom stereocenters. The van der Waals surface area contributed by atoms with Crippen molar-refractivity contribution in [1.29, 1.82) is 0 Å². The van der Waals surface area contributed by atoms with E-state index in [0.717, 1.165) is 51.4 Å². The molecule has 0 aromatic heterocycles. The Morgan fingerprint density at radius 3 is 1.04 bits per heavy atom. The van der Waals surface area contributed by atoms with Gasteiger partial charge in [-0.05, 0) is 64.2 Å². The Morgan fingerprint density at radius 1 is 0.373 bits per heavy atom. The number of ether oxygens (including phenoxy) is 1. The van der Waals surface area contributed by atoms with Gasteiger partial charge < -0.3 is 20.3 Å². The molecule has 0 aromatic carbocycles. The number of rotatable bonds is 63. The summed E-state index contributed by atoms with van der Waals surface area (Å²) >= 11 is 0. The number of allylic oxidation sites excluding steroid dienone is 5. The molecule has 0 fully saturated rings. The standard InChI is InChI=1S/C69H131NO5/c1-3-5-7-9-11-13-15-17-19-21-23-24-25-27-29-33-37-41-45-49-53-57-61-67(72)66(65-71)70-68(73)62-58-54-50-46-42-38-34-30-28-32-36-40-44-48-52-56-60-64-75-69(74)63-59-55-51-47-43-39-35-31-26-22-20-18-16-14-12-10-8-6-4-2/h12,14,18,20,57,61,66-67,71-72H,3-11,13,15-17,19,21-56,58-60,62-65H2,1-2H3,(H,70,73)/b14-12-,20-18-,61-57+. The first-order valence-corrected chi connectivity index (χ1v) is 33.8. The molecule has 1 amide bonds. The largest absolute Gasteiger partial charge is 0.466 e. The molecule has 0 rings (SSSR count). The van der Waals surface area contributed by atoms with E-state index in [1.807, 2.05) is 6.08 Å². The molecule has 0 saturated carbocycles. The van der Waals surface area contributed by atoms with Crippen LogP contribution in [-0.4, -0.2) is 47.4 Å². The van der Waals surface area contributed by atoms with E-state index in [0.29, 0.717) is 19.4 Å². The van der Waals surface area contributed by atoms with Crippen molar-refractivity contribution in [1.82, 2.24) is 5.32 Å². The van der Waals surface area contributed by atoms with Crippen LogP contribution in [0.2, 0.25) is 0 Å². The first kappa shape index (κ1) is 73.1. The zero-order valence-electron chi connectivity index (χ0n) is 50.5. The minimum Gasteiger partial charge on any atom is -0.466 e. The molecule has 0 spiro atoms. The van der Waals surface area contributed by atoms with E-state index in [1.54, 1.807) is 6.08 Å². The van der Waals surface area contributed by atoms with Crippen LogP contribution in [0.3, 0.4) is 0 Å². The number of carbonyl (C=O) groups is 2. The van der Waals surface area contributed by atoms with Crippen LogP contribution in [0.4, 0.5) is 0 Å². The Balaban J connectivity index is 3.43. The topological polar surface area (TPSA) is 95.9 Å². The maximum atomic E-state index is 12.5. The summed E-state index contributed by atoms with van der Waals surface area (Å²) in [5.74, 6) is -0.0686. The van der Waals surface area contributed by atoms with Crippen molar-refractivity contribution in [2.24, 2.45) is 0 Å². The first-order chi connectivity index (χ1) is 37.0. The molecule has 0 radical (unpaired) electrons. The molecule has 442 valence electrons. The molecular weight excluding hydrogens is 923 g/mol. The van der Waals surface area contributed by atoms with Crippen molar-refractivity contribution in [2.45, 2.75) is 379 Å². The van der Waals surface area contributed by atoms with Gasteiger partial charge in [-0.2, -0.15) is 0 Å². The average Bonchev–Trinajstić information content (AvgIpc) is 3.41. The van der Waals surface area contributed by atoms with Crippen LogP contribution in [0, 0.1) is 0 Å². The lowest BCUT2D eigenvalue weighted by atomic mass is 10.0. The van der Waals surface area contributed by atoms with E-state index in [1.165, 1.54) is 289 Å². The van der Waals surface area contributed by atoms with Crippen LogP contribution < -0.4 is 5.32 Å². The Bertz CT molecular complexity index is 1210. The number of unbranched alkanes of at least 4 members (excludes halogenated alkanes) is 48. The summed E-state index contributed by atoms with van der Waals surface area (Å²) in [5.41, 5.74) is 0. The van der Waals surface area contributed by atoms with E-state index in [-0.39, 0.29) is 18.5 Å². The molecule has 3 N–H and O–H groups in total. The van der Waals surface area contributed by atoms with Gasteiger partial charge in [0.05, 0.1) is 25.4 Å². The fraction of sp³-hybridized carbons (Fsp3) is 0.884. The molecule has 0 aliphatic carbocycles. The van der Waals surface area contributed by atoms with Crippen molar-refractivity contribution >= 4 is 11.9 Å². The highest BCUT2D eigenvalue weighted by Gasteiger charge is 2.18. The third-order valence-corrected chi connectivity index (χ3v) is 15.7. The first-order valence-electron chi connectivity index (χ1n) is 33.8. The highest BCUT2D eigenvalue weighted by atomic mass is 16.5. The van der Waals surface area contributed by atoms with E-state index < -0.39 is 12.1 Å². The monoisotopic (exact) mass is 1050 g/mol. The van der Waals surface area contributed by atoms with Crippen molar-refractivity contribution in [3.8, 4) is 0 Å². The van der Waals surface area contributed by atoms with Crippen LogP contribution in [0.25, 0.3) is 0 Å². The predicted molar refractivity (Wildman–Crippen MR) is 329 cm³/mol. The molecule has 0 aliphatic rings. The number of amides is 1.